The third kappa shape index (κ3) is 8.59. The molecule has 5 fully saturated rings. The highest BCUT2D eigenvalue weighted by atomic mass is 32.2. The van der Waals surface area contributed by atoms with Gasteiger partial charge in [0.2, 0.25) is 11.9 Å². The molecular weight excluding hydrogens is 724 g/mol. The van der Waals surface area contributed by atoms with Gasteiger partial charge in [0, 0.05) is 94.2 Å². The Morgan fingerprint density at radius 2 is 1.78 bits per heavy atom. The van der Waals surface area contributed by atoms with Crippen LogP contribution in [0.5, 0.6) is 0 Å². The molecule has 7 heterocycles. The minimum atomic E-state index is -3.06. The third-order valence-corrected chi connectivity index (χ3v) is 13.1. The first-order valence-corrected chi connectivity index (χ1v) is 21.9. The first-order chi connectivity index (χ1) is 26.6. The number of nitrogens with one attached hydrogen (secondary N) is 1. The summed E-state index contributed by atoms with van der Waals surface area (Å²) in [5, 5.41) is 5.25. The number of likely N-dealkylation sites (tertiary alicyclic amines) is 2. The van der Waals surface area contributed by atoms with Crippen molar-refractivity contribution in [1.82, 2.24) is 24.8 Å². The molecule has 3 atom stereocenters. The SMILES string of the molecule is C=CC(=O)N1CCC[C@H]1c1ccc(N2CC(CS(C)(=O)=O)C2)c2cnc(Nc3ccnc(N4CC[C@@H](OC5CCN(C6CCOCC6)CC5)[C@@H](F)C4)n3)cc12. The Bertz CT molecular complexity index is 1970. The number of rotatable bonds is 11. The van der Waals surface area contributed by atoms with Crippen molar-refractivity contribution in [3.63, 3.8) is 0 Å². The first-order valence-electron chi connectivity index (χ1n) is 19.9. The molecule has 0 saturated carbocycles. The summed E-state index contributed by atoms with van der Waals surface area (Å²) in [7, 11) is -3.06. The second-order valence-electron chi connectivity index (χ2n) is 15.9. The predicted molar refractivity (Wildman–Crippen MR) is 211 cm³/mol. The van der Waals surface area contributed by atoms with E-state index in [1.165, 1.54) is 12.3 Å². The van der Waals surface area contributed by atoms with Gasteiger partial charge in [-0.3, -0.25) is 4.79 Å². The molecule has 1 N–H and O–H groups in total. The summed E-state index contributed by atoms with van der Waals surface area (Å²) >= 11 is 0. The lowest BCUT2D eigenvalue weighted by Gasteiger charge is -2.41. The molecule has 1 aromatic carbocycles. The number of anilines is 4. The molecule has 0 spiro atoms. The summed E-state index contributed by atoms with van der Waals surface area (Å²) in [6, 6.07) is 8.40. The monoisotopic (exact) mass is 776 g/mol. The number of amides is 1. The Balaban J connectivity index is 0.949. The molecule has 3 aromatic rings. The Morgan fingerprint density at radius 3 is 2.53 bits per heavy atom. The summed E-state index contributed by atoms with van der Waals surface area (Å²) in [5.41, 5.74) is 2.01. The molecule has 0 aliphatic carbocycles. The van der Waals surface area contributed by atoms with Crippen LogP contribution >= 0.6 is 0 Å². The first kappa shape index (κ1) is 38.0. The minimum absolute atomic E-state index is 0.0812. The number of hydrogen-bond donors (Lipinski definition) is 1. The van der Waals surface area contributed by atoms with Crippen LogP contribution in [0.25, 0.3) is 10.8 Å². The van der Waals surface area contributed by atoms with Crippen LogP contribution in [-0.2, 0) is 24.1 Å². The number of benzene rings is 1. The van der Waals surface area contributed by atoms with E-state index in [0.717, 1.165) is 86.9 Å². The maximum absolute atomic E-state index is 15.6. The van der Waals surface area contributed by atoms with Crippen molar-refractivity contribution in [2.75, 3.05) is 86.2 Å². The number of aromatic nitrogens is 3. The van der Waals surface area contributed by atoms with Crippen LogP contribution in [0.15, 0.2) is 49.3 Å². The fraction of sp³-hybridized carbons (Fsp3) is 0.600. The molecule has 2 aromatic heterocycles. The van der Waals surface area contributed by atoms with Crippen molar-refractivity contribution in [3.05, 3.63) is 54.9 Å². The third-order valence-electron chi connectivity index (χ3n) is 12.0. The van der Waals surface area contributed by atoms with E-state index in [2.05, 4.69) is 38.8 Å². The highest BCUT2D eigenvalue weighted by molar-refractivity contribution is 7.90. The van der Waals surface area contributed by atoms with Gasteiger partial charge in [-0.05, 0) is 80.2 Å². The fourth-order valence-electron chi connectivity index (χ4n) is 9.25. The molecule has 0 radical (unpaired) electrons. The van der Waals surface area contributed by atoms with Crippen LogP contribution in [0, 0.1) is 5.92 Å². The number of ether oxygens (including phenoxy) is 2. The molecule has 55 heavy (non-hydrogen) atoms. The van der Waals surface area contributed by atoms with E-state index >= 15 is 4.39 Å². The van der Waals surface area contributed by atoms with Gasteiger partial charge in [-0.25, -0.2) is 22.8 Å². The summed E-state index contributed by atoms with van der Waals surface area (Å²) in [5.74, 6) is 1.72. The molecule has 8 rings (SSSR count). The number of alkyl halides is 1. The average Bonchev–Trinajstić information content (AvgIpc) is 3.66. The van der Waals surface area contributed by atoms with Crippen molar-refractivity contribution >= 4 is 49.8 Å². The molecule has 0 bridgehead atoms. The van der Waals surface area contributed by atoms with Crippen molar-refractivity contribution in [2.45, 2.75) is 75.4 Å². The average molecular weight is 777 g/mol. The number of halogens is 1. The zero-order chi connectivity index (χ0) is 38.1. The second kappa shape index (κ2) is 16.3. The lowest BCUT2D eigenvalue weighted by atomic mass is 9.94. The van der Waals surface area contributed by atoms with Crippen molar-refractivity contribution in [3.8, 4) is 0 Å². The van der Waals surface area contributed by atoms with Crippen LogP contribution in [-0.4, -0.2) is 135 Å². The van der Waals surface area contributed by atoms with Gasteiger partial charge < -0.3 is 34.4 Å². The van der Waals surface area contributed by atoms with E-state index in [9.17, 15) is 13.2 Å². The van der Waals surface area contributed by atoms with E-state index in [1.54, 1.807) is 12.3 Å². The number of carbonyl (C=O) groups is 1. The molecule has 5 aliphatic rings. The van der Waals surface area contributed by atoms with Gasteiger partial charge in [0.1, 0.15) is 27.6 Å². The number of nitrogens with zero attached hydrogens (tertiary/aromatic N) is 7. The van der Waals surface area contributed by atoms with Gasteiger partial charge in [0.15, 0.2) is 0 Å². The summed E-state index contributed by atoms with van der Waals surface area (Å²) < 4.78 is 51.4. The summed E-state index contributed by atoms with van der Waals surface area (Å²) in [6.07, 6.45) is 11.0. The van der Waals surface area contributed by atoms with E-state index in [0.29, 0.717) is 56.2 Å². The smallest absolute Gasteiger partial charge is 0.246 e. The topological polar surface area (TPSA) is 133 Å². The Morgan fingerprint density at radius 1 is 0.982 bits per heavy atom. The molecule has 5 aliphatic heterocycles. The molecular formula is C40H53FN8O5S. The number of fused-ring (bicyclic) bond motifs is 1. The van der Waals surface area contributed by atoms with Gasteiger partial charge in [0.05, 0.1) is 30.5 Å². The van der Waals surface area contributed by atoms with Gasteiger partial charge in [0.25, 0.3) is 0 Å². The number of carbonyl (C=O) groups excluding carboxylic acids is 1. The highest BCUT2D eigenvalue weighted by Gasteiger charge is 2.36. The highest BCUT2D eigenvalue weighted by Crippen LogP contribution is 2.41. The number of piperidine rings is 2. The zero-order valence-electron chi connectivity index (χ0n) is 31.7. The zero-order valence-corrected chi connectivity index (χ0v) is 32.5. The standard InChI is InChI=1S/C40H53FN8O5S/c1-3-39(50)49-15-4-5-35(49)30-6-7-34(48-23-27(24-48)26-55(2,51)52)32-22-43-38(21-31(30)32)44-37-8-14-42-40(45-37)47-18-11-36(33(41)25-47)54-29-9-16-46(17-10-29)28-12-19-53-20-13-28/h3,6-8,14,21-22,27-29,33,35-36H,1,4-5,9-13,15-20,23-26H2,2H3,(H,42,43,44,45)/t33-,35-,36+/m0/s1. The van der Waals surface area contributed by atoms with Crippen molar-refractivity contribution < 1.29 is 27.1 Å². The molecule has 0 unspecified atom stereocenters. The molecule has 296 valence electrons. The number of hydrogen-bond acceptors (Lipinski definition) is 12. The van der Waals surface area contributed by atoms with Gasteiger partial charge in [-0.15, -0.1) is 0 Å². The maximum atomic E-state index is 15.6. The summed E-state index contributed by atoms with van der Waals surface area (Å²) in [4.78, 5) is 35.4. The molecule has 5 saturated heterocycles. The Labute approximate surface area is 323 Å². The molecule has 15 heteroatoms. The quantitative estimate of drug-likeness (QED) is 0.272. The van der Waals surface area contributed by atoms with Crippen LogP contribution in [0.4, 0.5) is 27.7 Å². The Hall–Kier alpha value is -3.92. The Kier molecular flexibility index (Phi) is 11.2. The van der Waals surface area contributed by atoms with Gasteiger partial charge in [-0.1, -0.05) is 12.6 Å². The lowest BCUT2D eigenvalue weighted by Crippen LogP contribution is -2.50. The summed E-state index contributed by atoms with van der Waals surface area (Å²) in [6.45, 7) is 10.1. The predicted octanol–water partition coefficient (Wildman–Crippen LogP) is 4.68. The van der Waals surface area contributed by atoms with Crippen LogP contribution in [0.1, 0.15) is 56.6 Å². The fourth-order valence-corrected chi connectivity index (χ4v) is 10.3. The van der Waals surface area contributed by atoms with E-state index in [1.807, 2.05) is 22.1 Å². The minimum Gasteiger partial charge on any atom is -0.381 e. The maximum Gasteiger partial charge on any atom is 0.246 e. The van der Waals surface area contributed by atoms with E-state index in [-0.39, 0.29) is 36.3 Å². The van der Waals surface area contributed by atoms with Crippen LogP contribution in [0.3, 0.4) is 0 Å². The van der Waals surface area contributed by atoms with Crippen LogP contribution in [0.2, 0.25) is 0 Å². The van der Waals surface area contributed by atoms with Crippen molar-refractivity contribution in [1.29, 1.82) is 0 Å². The van der Waals surface area contributed by atoms with Crippen molar-refractivity contribution in [2.24, 2.45) is 5.92 Å². The lowest BCUT2D eigenvalue weighted by molar-refractivity contribution is -0.126. The van der Waals surface area contributed by atoms with Gasteiger partial charge >= 0.3 is 0 Å². The van der Waals surface area contributed by atoms with Gasteiger partial charge in [-0.2, -0.15) is 4.98 Å². The normalized spacial score (nSPS) is 25.0. The second-order valence-corrected chi connectivity index (χ2v) is 18.1. The largest absolute Gasteiger partial charge is 0.381 e. The molecule has 13 nitrogen and oxygen atoms in total. The number of pyridine rings is 1. The van der Waals surface area contributed by atoms with E-state index in [4.69, 9.17) is 19.4 Å². The molecule has 1 amide bonds. The number of sulfone groups is 1. The van der Waals surface area contributed by atoms with Crippen LogP contribution < -0.4 is 15.1 Å². The van der Waals surface area contributed by atoms with E-state index < -0.39 is 22.1 Å².